The maximum absolute atomic E-state index is 14.2. The van der Waals surface area contributed by atoms with Crippen LogP contribution in [0.25, 0.3) is 0 Å². The van der Waals surface area contributed by atoms with E-state index in [9.17, 15) is 14.3 Å². The summed E-state index contributed by atoms with van der Waals surface area (Å²) in [6.07, 6.45) is 1.45. The number of rotatable bonds is 16. The summed E-state index contributed by atoms with van der Waals surface area (Å²) in [5, 5.41) is 10.2. The summed E-state index contributed by atoms with van der Waals surface area (Å²) in [4.78, 5) is 17.0. The van der Waals surface area contributed by atoms with Crippen molar-refractivity contribution in [2.75, 3.05) is 26.3 Å². The van der Waals surface area contributed by atoms with Crippen LogP contribution in [0.15, 0.2) is 132 Å². The number of likely N-dealkylation sites (tertiary alicyclic amines) is 1. The third-order valence-electron chi connectivity index (χ3n) is 8.37. The van der Waals surface area contributed by atoms with Gasteiger partial charge in [0.05, 0.1) is 16.8 Å². The third kappa shape index (κ3) is 12.7. The molecule has 0 saturated carbocycles. The molecule has 0 spiro atoms. The molecule has 8 heteroatoms. The predicted octanol–water partition coefficient (Wildman–Crippen LogP) is 11.1. The Morgan fingerprint density at radius 1 is 0.774 bits per heavy atom. The van der Waals surface area contributed by atoms with Gasteiger partial charge in [-0.1, -0.05) is 100 Å². The number of hydrogen-bond donors (Lipinski definition) is 1. The minimum absolute atomic E-state index is 0.0338. The monoisotopic (exact) mass is 737 g/mol. The molecule has 0 aliphatic carbocycles. The number of thioether (sulfide) groups is 1. The molecule has 6 nitrogen and oxygen atoms in total. The van der Waals surface area contributed by atoms with Crippen molar-refractivity contribution in [3.8, 4) is 23.0 Å². The fraction of sp³-hybridized carbons (Fsp3) is 0.311. The van der Waals surface area contributed by atoms with Gasteiger partial charge >= 0.3 is 0 Å². The molecule has 1 heterocycles. The summed E-state index contributed by atoms with van der Waals surface area (Å²) in [7, 11) is 0. The average molecular weight is 738 g/mol. The fourth-order valence-electron chi connectivity index (χ4n) is 5.72. The molecule has 5 aromatic carbocycles. The van der Waals surface area contributed by atoms with Crippen LogP contribution in [0.4, 0.5) is 4.39 Å². The van der Waals surface area contributed by atoms with Crippen LogP contribution in [0, 0.1) is 0 Å². The summed E-state index contributed by atoms with van der Waals surface area (Å²) in [5.74, 6) is 1.94. The zero-order valence-electron chi connectivity index (χ0n) is 31.2. The second kappa shape index (κ2) is 22.3. The highest BCUT2D eigenvalue weighted by atomic mass is 32.2. The van der Waals surface area contributed by atoms with E-state index in [-0.39, 0.29) is 24.3 Å². The van der Waals surface area contributed by atoms with Gasteiger partial charge in [-0.05, 0) is 84.1 Å². The standard InChI is InChI=1S/C41H40FNO5S.2C2H6/c42-23-7-24-43-25-22-37(27-43)48-35-18-12-32(13-19-35)40(45)41(33-14-16-34(17-15-33)46-28-30-8-3-1-4-9-30)49-39-26-36(20-21-38(39)44)47-29-31-10-5-2-6-11-31;2*1-2/h1-6,8-21,26,37,41,44H,7,22-25,27-29H2;2*1-2H3/t37-,41?;;/m0../s1. The maximum atomic E-state index is 14.2. The third-order valence-corrected chi connectivity index (χ3v) is 9.68. The highest BCUT2D eigenvalue weighted by molar-refractivity contribution is 8.00. The zero-order valence-corrected chi connectivity index (χ0v) is 32.1. The first kappa shape index (κ1) is 41.0. The number of aromatic hydroxyl groups is 1. The highest BCUT2D eigenvalue weighted by Crippen LogP contribution is 2.43. The number of halogens is 1. The molecule has 0 radical (unpaired) electrons. The smallest absolute Gasteiger partial charge is 0.180 e. The van der Waals surface area contributed by atoms with Crippen molar-refractivity contribution in [2.24, 2.45) is 0 Å². The average Bonchev–Trinajstić information content (AvgIpc) is 3.68. The number of carbonyl (C=O) groups is 1. The normalized spacial score (nSPS) is 14.2. The van der Waals surface area contributed by atoms with Crippen LogP contribution in [0.1, 0.15) is 72.8 Å². The largest absolute Gasteiger partial charge is 0.507 e. The Hall–Kier alpha value is -4.79. The number of ether oxygens (including phenoxy) is 3. The van der Waals surface area contributed by atoms with E-state index in [1.165, 1.54) is 11.8 Å². The first-order chi connectivity index (χ1) is 26.0. The number of carbonyl (C=O) groups excluding carboxylic acids is 1. The van der Waals surface area contributed by atoms with E-state index in [0.29, 0.717) is 47.3 Å². The van der Waals surface area contributed by atoms with Gasteiger partial charge in [-0.2, -0.15) is 0 Å². The van der Waals surface area contributed by atoms with Crippen molar-refractivity contribution < 1.29 is 28.5 Å². The molecule has 1 aliphatic rings. The Balaban J connectivity index is 0.00000152. The van der Waals surface area contributed by atoms with Gasteiger partial charge in [0.15, 0.2) is 5.78 Å². The van der Waals surface area contributed by atoms with Gasteiger partial charge in [-0.3, -0.25) is 14.1 Å². The lowest BCUT2D eigenvalue weighted by atomic mass is 10.0. The first-order valence-corrected chi connectivity index (χ1v) is 19.4. The molecule has 2 atom stereocenters. The van der Waals surface area contributed by atoms with E-state index >= 15 is 0 Å². The second-order valence-corrected chi connectivity index (χ2v) is 13.2. The molecule has 53 heavy (non-hydrogen) atoms. The second-order valence-electron chi connectivity index (χ2n) is 12.0. The number of phenolic OH excluding ortho intramolecular Hbond substituents is 1. The number of benzene rings is 5. The minimum atomic E-state index is -0.663. The van der Waals surface area contributed by atoms with Crippen LogP contribution >= 0.6 is 11.8 Å². The quantitative estimate of drug-likeness (QED) is 0.0799. The molecule has 1 unspecified atom stereocenters. The van der Waals surface area contributed by atoms with Crippen molar-refractivity contribution in [3.63, 3.8) is 0 Å². The molecular weight excluding hydrogens is 686 g/mol. The van der Waals surface area contributed by atoms with Gasteiger partial charge in [0.25, 0.3) is 0 Å². The van der Waals surface area contributed by atoms with E-state index < -0.39 is 5.25 Å². The lowest BCUT2D eigenvalue weighted by molar-refractivity contribution is 0.0989. The number of ketones is 1. The fourth-order valence-corrected chi connectivity index (χ4v) is 6.88. The number of phenols is 1. The van der Waals surface area contributed by atoms with Gasteiger partial charge in [-0.25, -0.2) is 0 Å². The van der Waals surface area contributed by atoms with Crippen LogP contribution in [-0.2, 0) is 13.2 Å². The van der Waals surface area contributed by atoms with Crippen LogP contribution in [0.2, 0.25) is 0 Å². The minimum Gasteiger partial charge on any atom is -0.507 e. The van der Waals surface area contributed by atoms with E-state index in [0.717, 1.165) is 42.7 Å². The summed E-state index contributed by atoms with van der Waals surface area (Å²) >= 11 is 1.28. The van der Waals surface area contributed by atoms with Crippen molar-refractivity contribution in [1.29, 1.82) is 0 Å². The Bertz CT molecular complexity index is 1770. The van der Waals surface area contributed by atoms with Crippen LogP contribution < -0.4 is 14.2 Å². The highest BCUT2D eigenvalue weighted by Gasteiger charge is 2.27. The molecule has 6 rings (SSSR count). The zero-order chi connectivity index (χ0) is 37.8. The van der Waals surface area contributed by atoms with Crippen molar-refractivity contribution in [1.82, 2.24) is 4.90 Å². The van der Waals surface area contributed by atoms with E-state index in [4.69, 9.17) is 14.2 Å². The van der Waals surface area contributed by atoms with Gasteiger partial charge in [0.1, 0.15) is 42.3 Å². The number of alkyl halides is 1. The lowest BCUT2D eigenvalue weighted by Crippen LogP contribution is -2.26. The summed E-state index contributed by atoms with van der Waals surface area (Å²) in [6, 6.07) is 39.7. The van der Waals surface area contributed by atoms with Crippen molar-refractivity contribution in [3.05, 3.63) is 150 Å². The predicted molar refractivity (Wildman–Crippen MR) is 214 cm³/mol. The van der Waals surface area contributed by atoms with E-state index in [2.05, 4.69) is 4.90 Å². The molecule has 0 amide bonds. The molecule has 1 fully saturated rings. The number of hydrogen-bond acceptors (Lipinski definition) is 7. The van der Waals surface area contributed by atoms with Gasteiger partial charge in [0.2, 0.25) is 0 Å². The van der Waals surface area contributed by atoms with Gasteiger partial charge in [0, 0.05) is 25.2 Å². The van der Waals surface area contributed by atoms with Crippen LogP contribution in [-0.4, -0.2) is 48.2 Å². The van der Waals surface area contributed by atoms with Crippen molar-refractivity contribution in [2.45, 2.75) is 70.0 Å². The van der Waals surface area contributed by atoms with Gasteiger partial charge < -0.3 is 19.3 Å². The van der Waals surface area contributed by atoms with Crippen molar-refractivity contribution >= 4 is 17.5 Å². The van der Waals surface area contributed by atoms with Crippen LogP contribution in [0.3, 0.4) is 0 Å². The molecule has 1 aliphatic heterocycles. The molecule has 5 aromatic rings. The molecular formula is C45H52FNO5S. The number of Topliss-reactive ketones (excluding diaryl/α,β-unsaturated/α-hetero) is 1. The number of nitrogens with zero attached hydrogens (tertiary/aromatic N) is 1. The topological polar surface area (TPSA) is 68.2 Å². The van der Waals surface area contributed by atoms with Gasteiger partial charge in [-0.15, -0.1) is 11.8 Å². The Kier molecular flexibility index (Phi) is 17.3. The molecule has 1 N–H and O–H groups in total. The maximum Gasteiger partial charge on any atom is 0.180 e. The molecule has 0 bridgehead atoms. The molecule has 0 aromatic heterocycles. The lowest BCUT2D eigenvalue weighted by Gasteiger charge is -2.19. The Morgan fingerprint density at radius 3 is 1.94 bits per heavy atom. The molecule has 1 saturated heterocycles. The summed E-state index contributed by atoms with van der Waals surface area (Å²) in [5.41, 5.74) is 3.40. The van der Waals surface area contributed by atoms with E-state index in [1.807, 2.05) is 125 Å². The Labute approximate surface area is 318 Å². The first-order valence-electron chi connectivity index (χ1n) is 18.6. The molecule has 280 valence electrons. The summed E-state index contributed by atoms with van der Waals surface area (Å²) < 4.78 is 30.8. The summed E-state index contributed by atoms with van der Waals surface area (Å²) in [6.45, 7) is 10.9. The van der Waals surface area contributed by atoms with E-state index in [1.54, 1.807) is 30.3 Å². The SMILES string of the molecule is CC.CC.O=C(c1ccc(O[C@H]2CCN(CCCF)C2)cc1)C(Sc1cc(OCc2ccccc2)ccc1O)c1ccc(OCc2ccccc2)cc1. The Morgan fingerprint density at radius 2 is 1.34 bits per heavy atom. The van der Waals surface area contributed by atoms with Crippen LogP contribution in [0.5, 0.6) is 23.0 Å².